The van der Waals surface area contributed by atoms with E-state index in [0.29, 0.717) is 0 Å². The number of rotatable bonds is 2. The van der Waals surface area contributed by atoms with Crippen molar-refractivity contribution < 1.29 is 24.9 Å². The molecule has 0 aromatic rings. The van der Waals surface area contributed by atoms with E-state index in [9.17, 15) is 15.0 Å². The molecule has 1 saturated heterocycles. The number of ether oxygens (including phenoxy) is 1. The van der Waals surface area contributed by atoms with Gasteiger partial charge in [-0.3, -0.25) is 4.90 Å². The number of carbonyl (C=O) groups excluding carboxylic acids is 1. The third-order valence-corrected chi connectivity index (χ3v) is 2.43. The molecule has 1 aliphatic heterocycles. The molecule has 4 unspecified atom stereocenters. The first-order chi connectivity index (χ1) is 7.02. The van der Waals surface area contributed by atoms with E-state index in [-0.39, 0.29) is 0 Å². The standard InChI is InChI=1S/C8H16N2O5/c1-9-8(14)10(2)7-6(13)5(12)4(3-11)15-7/h4-7,11-13H,3H2,1-2H3,(H,9,14). The van der Waals surface area contributed by atoms with E-state index in [1.54, 1.807) is 0 Å². The Hall–Kier alpha value is -0.890. The van der Waals surface area contributed by atoms with Gasteiger partial charge in [-0.2, -0.15) is 0 Å². The Bertz CT molecular complexity index is 237. The summed E-state index contributed by atoms with van der Waals surface area (Å²) in [6, 6.07) is -0.440. The molecule has 15 heavy (non-hydrogen) atoms. The molecule has 7 nitrogen and oxygen atoms in total. The zero-order valence-corrected chi connectivity index (χ0v) is 8.62. The van der Waals surface area contributed by atoms with E-state index in [4.69, 9.17) is 9.84 Å². The molecule has 4 atom stereocenters. The van der Waals surface area contributed by atoms with Gasteiger partial charge in [-0.05, 0) is 0 Å². The lowest BCUT2D eigenvalue weighted by molar-refractivity contribution is -0.0712. The Morgan fingerprint density at radius 3 is 2.47 bits per heavy atom. The van der Waals surface area contributed by atoms with Crippen molar-refractivity contribution in [3.05, 3.63) is 0 Å². The molecule has 7 heteroatoms. The van der Waals surface area contributed by atoms with E-state index in [1.807, 2.05) is 0 Å². The number of nitrogens with one attached hydrogen (secondary N) is 1. The predicted octanol–water partition coefficient (Wildman–Crippen LogP) is -2.30. The molecule has 1 rings (SSSR count). The van der Waals surface area contributed by atoms with Gasteiger partial charge in [0.1, 0.15) is 18.3 Å². The number of carbonyl (C=O) groups is 1. The average molecular weight is 220 g/mol. The maximum Gasteiger partial charge on any atom is 0.319 e. The van der Waals surface area contributed by atoms with Crippen molar-refractivity contribution in [1.82, 2.24) is 10.2 Å². The van der Waals surface area contributed by atoms with Crippen LogP contribution in [0.4, 0.5) is 4.79 Å². The minimum atomic E-state index is -1.22. The normalized spacial score (nSPS) is 35.3. The minimum Gasteiger partial charge on any atom is -0.394 e. The molecular formula is C8H16N2O5. The van der Waals surface area contributed by atoms with Crippen molar-refractivity contribution >= 4 is 6.03 Å². The molecule has 0 spiro atoms. The van der Waals surface area contributed by atoms with Crippen molar-refractivity contribution in [2.24, 2.45) is 0 Å². The number of nitrogens with zero attached hydrogens (tertiary/aromatic N) is 1. The van der Waals surface area contributed by atoms with Gasteiger partial charge in [-0.25, -0.2) is 4.79 Å². The van der Waals surface area contributed by atoms with Crippen LogP contribution < -0.4 is 5.32 Å². The van der Waals surface area contributed by atoms with Gasteiger partial charge in [-0.1, -0.05) is 0 Å². The van der Waals surface area contributed by atoms with Crippen molar-refractivity contribution in [2.45, 2.75) is 24.5 Å². The van der Waals surface area contributed by atoms with Crippen molar-refractivity contribution in [2.75, 3.05) is 20.7 Å². The fourth-order valence-electron chi connectivity index (χ4n) is 1.49. The maximum atomic E-state index is 11.2. The Kier molecular flexibility index (Phi) is 3.86. The second kappa shape index (κ2) is 4.75. The number of hydrogen-bond acceptors (Lipinski definition) is 5. The number of likely N-dealkylation sites (N-methyl/N-ethyl adjacent to an activating group) is 1. The summed E-state index contributed by atoms with van der Waals surface area (Å²) >= 11 is 0. The van der Waals surface area contributed by atoms with Crippen LogP contribution in [-0.2, 0) is 4.74 Å². The summed E-state index contributed by atoms with van der Waals surface area (Å²) in [5, 5.41) is 30.2. The highest BCUT2D eigenvalue weighted by Gasteiger charge is 2.45. The van der Waals surface area contributed by atoms with Gasteiger partial charge in [0.05, 0.1) is 6.61 Å². The summed E-state index contributed by atoms with van der Waals surface area (Å²) in [6.07, 6.45) is -4.22. The zero-order chi connectivity index (χ0) is 11.6. The molecule has 4 N–H and O–H groups in total. The third-order valence-electron chi connectivity index (χ3n) is 2.43. The highest BCUT2D eigenvalue weighted by Crippen LogP contribution is 2.22. The number of aliphatic hydroxyl groups is 3. The lowest BCUT2D eigenvalue weighted by atomic mass is 10.1. The molecule has 1 fully saturated rings. The molecule has 0 aliphatic carbocycles. The summed E-state index contributed by atoms with van der Waals surface area (Å²) in [4.78, 5) is 12.4. The first-order valence-electron chi connectivity index (χ1n) is 4.60. The van der Waals surface area contributed by atoms with E-state index in [2.05, 4.69) is 5.32 Å². The van der Waals surface area contributed by atoms with Crippen LogP contribution in [0, 0.1) is 0 Å². The molecule has 1 aliphatic rings. The summed E-state index contributed by atoms with van der Waals surface area (Å²) in [5.74, 6) is 0. The van der Waals surface area contributed by atoms with Crippen LogP contribution >= 0.6 is 0 Å². The molecular weight excluding hydrogens is 204 g/mol. The predicted molar refractivity (Wildman–Crippen MR) is 50.0 cm³/mol. The fourth-order valence-corrected chi connectivity index (χ4v) is 1.49. The Balaban J connectivity index is 2.68. The second-order valence-corrected chi connectivity index (χ2v) is 3.39. The summed E-state index contributed by atoms with van der Waals surface area (Å²) in [5.41, 5.74) is 0. The van der Waals surface area contributed by atoms with E-state index < -0.39 is 37.2 Å². The van der Waals surface area contributed by atoms with Gasteiger partial charge >= 0.3 is 6.03 Å². The van der Waals surface area contributed by atoms with Gasteiger partial charge in [-0.15, -0.1) is 0 Å². The minimum absolute atomic E-state index is 0.406. The van der Waals surface area contributed by atoms with Crippen LogP contribution in [0.3, 0.4) is 0 Å². The fraction of sp³-hybridized carbons (Fsp3) is 0.875. The van der Waals surface area contributed by atoms with E-state index in [1.165, 1.54) is 14.1 Å². The van der Waals surface area contributed by atoms with Gasteiger partial charge in [0.15, 0.2) is 6.23 Å². The Morgan fingerprint density at radius 2 is 2.07 bits per heavy atom. The topological polar surface area (TPSA) is 102 Å². The monoisotopic (exact) mass is 220 g/mol. The van der Waals surface area contributed by atoms with Crippen LogP contribution in [0.25, 0.3) is 0 Å². The lowest BCUT2D eigenvalue weighted by Gasteiger charge is -2.25. The van der Waals surface area contributed by atoms with Gasteiger partial charge in [0.25, 0.3) is 0 Å². The van der Waals surface area contributed by atoms with Crippen LogP contribution in [-0.4, -0.2) is 71.5 Å². The van der Waals surface area contributed by atoms with Crippen molar-refractivity contribution in [1.29, 1.82) is 0 Å². The molecule has 0 aromatic carbocycles. The van der Waals surface area contributed by atoms with E-state index >= 15 is 0 Å². The summed E-state index contributed by atoms with van der Waals surface area (Å²) in [7, 11) is 2.87. The number of hydrogen-bond donors (Lipinski definition) is 4. The van der Waals surface area contributed by atoms with Gasteiger partial charge < -0.3 is 25.4 Å². The molecule has 0 saturated carbocycles. The molecule has 0 bridgehead atoms. The quantitative estimate of drug-likeness (QED) is 0.419. The Morgan fingerprint density at radius 1 is 1.47 bits per heavy atom. The summed E-state index contributed by atoms with van der Waals surface area (Å²) < 4.78 is 5.13. The van der Waals surface area contributed by atoms with Crippen LogP contribution in [0.2, 0.25) is 0 Å². The smallest absolute Gasteiger partial charge is 0.319 e. The number of aliphatic hydroxyl groups excluding tert-OH is 3. The molecule has 0 radical (unpaired) electrons. The third kappa shape index (κ3) is 2.20. The highest BCUT2D eigenvalue weighted by molar-refractivity contribution is 5.73. The SMILES string of the molecule is CNC(=O)N(C)C1OC(CO)C(O)C1O. The van der Waals surface area contributed by atoms with Gasteiger partial charge in [0, 0.05) is 14.1 Å². The van der Waals surface area contributed by atoms with E-state index in [0.717, 1.165) is 4.90 Å². The first kappa shape index (κ1) is 12.2. The van der Waals surface area contributed by atoms with Crippen LogP contribution in [0.5, 0.6) is 0 Å². The zero-order valence-electron chi connectivity index (χ0n) is 8.62. The van der Waals surface area contributed by atoms with Crippen LogP contribution in [0.15, 0.2) is 0 Å². The second-order valence-electron chi connectivity index (χ2n) is 3.39. The van der Waals surface area contributed by atoms with Gasteiger partial charge in [0.2, 0.25) is 0 Å². The maximum absolute atomic E-state index is 11.2. The first-order valence-corrected chi connectivity index (χ1v) is 4.60. The van der Waals surface area contributed by atoms with Crippen molar-refractivity contribution in [3.8, 4) is 0 Å². The highest BCUT2D eigenvalue weighted by atomic mass is 16.6. The molecule has 0 aromatic heterocycles. The summed E-state index contributed by atoms with van der Waals surface area (Å²) in [6.45, 7) is -0.406. The van der Waals surface area contributed by atoms with Crippen LogP contribution in [0.1, 0.15) is 0 Å². The number of urea groups is 1. The Labute approximate surface area is 87.3 Å². The van der Waals surface area contributed by atoms with Crippen molar-refractivity contribution in [3.63, 3.8) is 0 Å². The lowest BCUT2D eigenvalue weighted by Crippen LogP contribution is -2.48. The largest absolute Gasteiger partial charge is 0.394 e. The molecule has 2 amide bonds. The average Bonchev–Trinajstić information content (AvgIpc) is 2.54. The molecule has 88 valence electrons. The molecule has 1 heterocycles. The number of amides is 2.